The number of nitrogens with one attached hydrogen (secondary N) is 1. The van der Waals surface area contributed by atoms with Crippen LogP contribution in [0, 0.1) is 11.7 Å². The van der Waals surface area contributed by atoms with Gasteiger partial charge < -0.3 is 15.0 Å². The number of halogens is 4. The Hall–Kier alpha value is -2.84. The van der Waals surface area contributed by atoms with Crippen molar-refractivity contribution in [1.82, 2.24) is 10.3 Å². The maximum absolute atomic E-state index is 14.0. The number of alkyl halides is 3. The molecule has 5 nitrogen and oxygen atoms in total. The number of benzene rings is 1. The summed E-state index contributed by atoms with van der Waals surface area (Å²) in [5.74, 6) is -1.81. The zero-order valence-electron chi connectivity index (χ0n) is 16.0. The van der Waals surface area contributed by atoms with Gasteiger partial charge in [-0.05, 0) is 42.7 Å². The summed E-state index contributed by atoms with van der Waals surface area (Å²) >= 11 is 0. The van der Waals surface area contributed by atoms with Gasteiger partial charge in [0.25, 0.3) is 0 Å². The van der Waals surface area contributed by atoms with Crippen LogP contribution < -0.4 is 15.0 Å². The minimum absolute atomic E-state index is 0.0542. The van der Waals surface area contributed by atoms with Crippen molar-refractivity contribution < 1.29 is 27.1 Å². The van der Waals surface area contributed by atoms with Crippen LogP contribution in [0.5, 0.6) is 5.75 Å². The number of hydrogen-bond donors (Lipinski definition) is 1. The molecule has 2 atom stereocenters. The molecule has 0 aliphatic carbocycles. The van der Waals surface area contributed by atoms with E-state index in [2.05, 4.69) is 26.9 Å². The van der Waals surface area contributed by atoms with Gasteiger partial charge in [0.15, 0.2) is 11.6 Å². The Kier molecular flexibility index (Phi) is 5.95. The number of carbonyl (C=O) groups excluding carboxylic acids is 1. The summed E-state index contributed by atoms with van der Waals surface area (Å²) in [4.78, 5) is 17.7. The molecule has 1 aliphatic rings. The topological polar surface area (TPSA) is 54.5 Å². The molecule has 2 heterocycles. The molecule has 3 rings (SSSR count). The maximum atomic E-state index is 14.0. The van der Waals surface area contributed by atoms with Gasteiger partial charge in [0.2, 0.25) is 5.91 Å². The number of anilines is 1. The van der Waals surface area contributed by atoms with E-state index in [1.54, 1.807) is 12.3 Å². The van der Waals surface area contributed by atoms with E-state index in [4.69, 9.17) is 0 Å². The number of piperidine rings is 1. The molecular weight excluding hydrogens is 390 g/mol. The fourth-order valence-electron chi connectivity index (χ4n) is 3.50. The minimum Gasteiger partial charge on any atom is -0.403 e. The predicted molar refractivity (Wildman–Crippen MR) is 99.9 cm³/mol. The normalized spacial score (nSPS) is 19.7. The number of nitrogens with zero attached hydrogens (tertiary/aromatic N) is 2. The Morgan fingerprint density at radius 2 is 2.03 bits per heavy atom. The number of pyridine rings is 1. The molecule has 0 bridgehead atoms. The summed E-state index contributed by atoms with van der Waals surface area (Å²) in [6, 6.07) is 6.95. The van der Waals surface area contributed by atoms with Crippen molar-refractivity contribution in [1.29, 1.82) is 0 Å². The summed E-state index contributed by atoms with van der Waals surface area (Å²) in [6.07, 6.45) is -2.59. The van der Waals surface area contributed by atoms with E-state index in [1.807, 2.05) is 6.07 Å². The van der Waals surface area contributed by atoms with Crippen LogP contribution in [0.3, 0.4) is 0 Å². The lowest BCUT2D eigenvalue weighted by Crippen LogP contribution is -2.49. The molecule has 1 aromatic heterocycles. The fraction of sp³-hybridized carbons (Fsp3) is 0.400. The molecule has 1 aliphatic heterocycles. The standard InChI is InChI=1S/C20H21F4N3O2/c1-12-11-27(8-6-17(12)26-13(2)28)15-5-7-25-18(10-15)14-3-4-19(16(21)9-14)29-20(22,23)24/h3-5,7,9-10,12,17H,6,8,11H2,1-2H3,(H,26,28). The molecule has 0 spiro atoms. The number of rotatable bonds is 4. The van der Waals surface area contributed by atoms with Crippen molar-refractivity contribution in [2.75, 3.05) is 18.0 Å². The Balaban J connectivity index is 1.77. The molecule has 1 aromatic carbocycles. The molecule has 1 fully saturated rings. The lowest BCUT2D eigenvalue weighted by atomic mass is 9.93. The second-order valence-corrected chi connectivity index (χ2v) is 7.11. The Bertz CT molecular complexity index is 888. The summed E-state index contributed by atoms with van der Waals surface area (Å²) in [5.41, 5.74) is 1.66. The first-order chi connectivity index (χ1) is 13.6. The van der Waals surface area contributed by atoms with Crippen molar-refractivity contribution in [2.45, 2.75) is 32.7 Å². The van der Waals surface area contributed by atoms with Crippen LogP contribution in [-0.4, -0.2) is 36.4 Å². The number of amides is 1. The molecule has 156 valence electrons. The first-order valence-electron chi connectivity index (χ1n) is 9.16. The van der Waals surface area contributed by atoms with E-state index in [-0.39, 0.29) is 17.9 Å². The molecule has 0 radical (unpaired) electrons. The smallest absolute Gasteiger partial charge is 0.403 e. The lowest BCUT2D eigenvalue weighted by molar-refractivity contribution is -0.275. The molecule has 2 unspecified atom stereocenters. The van der Waals surface area contributed by atoms with Crippen LogP contribution in [0.25, 0.3) is 11.3 Å². The zero-order chi connectivity index (χ0) is 21.2. The second kappa shape index (κ2) is 8.26. The molecular formula is C20H21F4N3O2. The van der Waals surface area contributed by atoms with Crippen molar-refractivity contribution in [3.63, 3.8) is 0 Å². The fourth-order valence-corrected chi connectivity index (χ4v) is 3.50. The van der Waals surface area contributed by atoms with E-state index in [0.717, 1.165) is 37.3 Å². The third-order valence-electron chi connectivity index (χ3n) is 4.86. The summed E-state index contributed by atoms with van der Waals surface area (Å²) in [6.45, 7) is 5.01. The van der Waals surface area contributed by atoms with Crippen LogP contribution in [0.4, 0.5) is 23.2 Å². The zero-order valence-corrected chi connectivity index (χ0v) is 16.0. The third kappa shape index (κ3) is 5.36. The van der Waals surface area contributed by atoms with Crippen molar-refractivity contribution >= 4 is 11.6 Å². The quantitative estimate of drug-likeness (QED) is 0.769. The van der Waals surface area contributed by atoms with E-state index >= 15 is 0 Å². The van der Waals surface area contributed by atoms with Crippen LogP contribution in [0.1, 0.15) is 20.3 Å². The number of carbonyl (C=O) groups is 1. The Morgan fingerprint density at radius 3 is 2.66 bits per heavy atom. The molecule has 2 aromatic rings. The average molecular weight is 411 g/mol. The van der Waals surface area contributed by atoms with Gasteiger partial charge >= 0.3 is 6.36 Å². The van der Waals surface area contributed by atoms with E-state index in [0.29, 0.717) is 11.3 Å². The van der Waals surface area contributed by atoms with Gasteiger partial charge in [-0.25, -0.2) is 4.39 Å². The van der Waals surface area contributed by atoms with Crippen molar-refractivity contribution in [2.24, 2.45) is 5.92 Å². The predicted octanol–water partition coefficient (Wildman–Crippen LogP) is 4.14. The Morgan fingerprint density at radius 1 is 1.28 bits per heavy atom. The Labute approximate surface area is 165 Å². The molecule has 1 amide bonds. The lowest BCUT2D eigenvalue weighted by Gasteiger charge is -2.38. The van der Waals surface area contributed by atoms with Gasteiger partial charge in [-0.15, -0.1) is 13.2 Å². The maximum Gasteiger partial charge on any atom is 0.573 e. The number of ether oxygens (including phenoxy) is 1. The van der Waals surface area contributed by atoms with Crippen LogP contribution in [-0.2, 0) is 4.79 Å². The van der Waals surface area contributed by atoms with E-state index < -0.39 is 17.9 Å². The van der Waals surface area contributed by atoms with E-state index in [9.17, 15) is 22.4 Å². The van der Waals surface area contributed by atoms with E-state index in [1.165, 1.54) is 13.0 Å². The number of aromatic nitrogens is 1. The van der Waals surface area contributed by atoms with Gasteiger partial charge in [-0.2, -0.15) is 0 Å². The van der Waals surface area contributed by atoms with Crippen molar-refractivity contribution in [3.05, 3.63) is 42.3 Å². The average Bonchev–Trinajstić information content (AvgIpc) is 2.64. The molecule has 1 N–H and O–H groups in total. The molecule has 0 saturated carbocycles. The highest BCUT2D eigenvalue weighted by atomic mass is 19.4. The first-order valence-corrected chi connectivity index (χ1v) is 9.16. The van der Waals surface area contributed by atoms with Gasteiger partial charge in [0.05, 0.1) is 5.69 Å². The summed E-state index contributed by atoms with van der Waals surface area (Å²) in [7, 11) is 0. The van der Waals surface area contributed by atoms with Crippen molar-refractivity contribution in [3.8, 4) is 17.0 Å². The first kappa shape index (κ1) is 20.9. The van der Waals surface area contributed by atoms with Crippen LogP contribution in [0.2, 0.25) is 0 Å². The second-order valence-electron chi connectivity index (χ2n) is 7.11. The largest absolute Gasteiger partial charge is 0.573 e. The van der Waals surface area contributed by atoms with Gasteiger partial charge in [-0.3, -0.25) is 9.78 Å². The molecule has 9 heteroatoms. The summed E-state index contributed by atoms with van der Waals surface area (Å²) in [5, 5.41) is 2.96. The third-order valence-corrected chi connectivity index (χ3v) is 4.86. The molecule has 1 saturated heterocycles. The SMILES string of the molecule is CC(=O)NC1CCN(c2ccnc(-c3ccc(OC(F)(F)F)c(F)c3)c2)CC1C. The highest BCUT2D eigenvalue weighted by molar-refractivity contribution is 5.73. The number of hydrogen-bond acceptors (Lipinski definition) is 4. The minimum atomic E-state index is -4.96. The van der Waals surface area contributed by atoms with Gasteiger partial charge in [0.1, 0.15) is 0 Å². The van der Waals surface area contributed by atoms with Crippen LogP contribution >= 0.6 is 0 Å². The molecule has 29 heavy (non-hydrogen) atoms. The van der Waals surface area contributed by atoms with Gasteiger partial charge in [0, 0.05) is 43.5 Å². The van der Waals surface area contributed by atoms with Gasteiger partial charge in [-0.1, -0.05) is 6.92 Å². The van der Waals surface area contributed by atoms with Crippen LogP contribution in [0.15, 0.2) is 36.5 Å². The monoisotopic (exact) mass is 411 g/mol. The highest BCUT2D eigenvalue weighted by Crippen LogP contribution is 2.31. The highest BCUT2D eigenvalue weighted by Gasteiger charge is 2.32. The summed E-state index contributed by atoms with van der Waals surface area (Å²) < 4.78 is 54.6.